The van der Waals surface area contributed by atoms with Crippen LogP contribution in [0.15, 0.2) is 65.7 Å². The van der Waals surface area contributed by atoms with E-state index in [1.807, 2.05) is 29.2 Å². The normalized spacial score (nSPS) is 16.3. The van der Waals surface area contributed by atoms with Crippen molar-refractivity contribution in [3.63, 3.8) is 0 Å². The average Bonchev–Trinajstić information content (AvgIpc) is 3.50. The fourth-order valence-electron chi connectivity index (χ4n) is 5.45. The van der Waals surface area contributed by atoms with E-state index in [0.717, 1.165) is 68.0 Å². The first-order valence-corrected chi connectivity index (χ1v) is 12.9. The van der Waals surface area contributed by atoms with Gasteiger partial charge >= 0.3 is 0 Å². The van der Waals surface area contributed by atoms with Gasteiger partial charge < -0.3 is 0 Å². The van der Waals surface area contributed by atoms with Crippen LogP contribution >= 0.6 is 0 Å². The second kappa shape index (κ2) is 10.3. The van der Waals surface area contributed by atoms with Gasteiger partial charge in [0, 0.05) is 17.5 Å². The van der Waals surface area contributed by atoms with E-state index in [1.54, 1.807) is 18.2 Å². The maximum Gasteiger partial charge on any atom is 0.256 e. The number of amidine groups is 1. The monoisotopic (exact) mass is 497 g/mol. The van der Waals surface area contributed by atoms with Crippen molar-refractivity contribution < 1.29 is 13.6 Å². The molecule has 1 saturated carbocycles. The molecule has 1 fully saturated rings. The molecule has 0 N–H and O–H groups in total. The number of carbonyl (C=O) groups excluding carboxylic acids is 1. The molecule has 188 valence electrons. The van der Waals surface area contributed by atoms with Gasteiger partial charge in [-0.1, -0.05) is 68.7 Å². The number of amides is 1. The fourth-order valence-corrected chi connectivity index (χ4v) is 5.45. The molecular formula is C31H29F2N3O. The summed E-state index contributed by atoms with van der Waals surface area (Å²) in [6.45, 7) is 2.60. The number of hydrogen-bond acceptors (Lipinski definition) is 3. The number of benzene rings is 3. The highest BCUT2D eigenvalue weighted by molar-refractivity contribution is 6.08. The first-order chi connectivity index (χ1) is 18.0. The Morgan fingerprint density at radius 3 is 2.43 bits per heavy atom. The van der Waals surface area contributed by atoms with Crippen molar-refractivity contribution >= 4 is 11.7 Å². The maximum atomic E-state index is 14.4. The molecule has 3 aromatic carbocycles. The van der Waals surface area contributed by atoms with Crippen LogP contribution in [0, 0.1) is 23.0 Å². The molecule has 0 radical (unpaired) electrons. The molecule has 1 heterocycles. The van der Waals surface area contributed by atoms with E-state index in [9.17, 15) is 18.8 Å². The summed E-state index contributed by atoms with van der Waals surface area (Å²) in [5, 5.41) is 9.67. The van der Waals surface area contributed by atoms with Gasteiger partial charge in [0.15, 0.2) is 11.6 Å². The summed E-state index contributed by atoms with van der Waals surface area (Å²) in [4.78, 5) is 20.2. The van der Waals surface area contributed by atoms with Crippen molar-refractivity contribution in [2.24, 2.45) is 4.99 Å². The Morgan fingerprint density at radius 1 is 1.00 bits per heavy atom. The predicted octanol–water partition coefficient (Wildman–Crippen LogP) is 7.41. The lowest BCUT2D eigenvalue weighted by atomic mass is 9.94. The first-order valence-electron chi connectivity index (χ1n) is 12.9. The van der Waals surface area contributed by atoms with Gasteiger partial charge in [-0.05, 0) is 54.2 Å². The Labute approximate surface area is 216 Å². The number of rotatable bonds is 7. The molecule has 1 aliphatic heterocycles. The van der Waals surface area contributed by atoms with Crippen LogP contribution in [0.4, 0.5) is 8.78 Å². The smallest absolute Gasteiger partial charge is 0.256 e. The number of nitrogens with zero attached hydrogens (tertiary/aromatic N) is 3. The molecule has 0 aromatic heterocycles. The lowest BCUT2D eigenvalue weighted by Gasteiger charge is -2.23. The average molecular weight is 498 g/mol. The van der Waals surface area contributed by atoms with E-state index in [4.69, 9.17) is 4.99 Å². The van der Waals surface area contributed by atoms with Crippen molar-refractivity contribution in [2.45, 2.75) is 64.0 Å². The quantitative estimate of drug-likeness (QED) is 0.341. The molecule has 0 atom stereocenters. The van der Waals surface area contributed by atoms with Gasteiger partial charge in [0.05, 0.1) is 18.2 Å². The van der Waals surface area contributed by atoms with Crippen molar-refractivity contribution in [3.8, 4) is 28.3 Å². The molecule has 1 amide bonds. The third-order valence-electron chi connectivity index (χ3n) is 7.49. The minimum Gasteiger partial charge on any atom is -0.294 e. The summed E-state index contributed by atoms with van der Waals surface area (Å²) >= 11 is 0. The zero-order valence-corrected chi connectivity index (χ0v) is 20.9. The predicted molar refractivity (Wildman–Crippen MR) is 141 cm³/mol. The van der Waals surface area contributed by atoms with Gasteiger partial charge in [0.1, 0.15) is 11.4 Å². The summed E-state index contributed by atoms with van der Waals surface area (Å²) in [6, 6.07) is 19.0. The maximum absolute atomic E-state index is 14.4. The van der Waals surface area contributed by atoms with Crippen LogP contribution in [0.25, 0.3) is 22.3 Å². The molecule has 3 aromatic rings. The molecule has 1 aliphatic carbocycles. The summed E-state index contributed by atoms with van der Waals surface area (Å²) in [6.07, 6.45) is 6.58. The summed E-state index contributed by atoms with van der Waals surface area (Å²) < 4.78 is 28.2. The molecule has 5 rings (SSSR count). The van der Waals surface area contributed by atoms with Gasteiger partial charge in [-0.3, -0.25) is 14.7 Å². The van der Waals surface area contributed by atoms with E-state index < -0.39 is 17.2 Å². The SMILES string of the molecule is CCCCC1=NC2(CCCC2)C(=O)N1Cc1ccc(-c2cc(-c3cccc(F)c3F)ccc2C#N)cc1. The Morgan fingerprint density at radius 2 is 1.73 bits per heavy atom. The number of unbranched alkanes of at least 4 members (excludes halogenated alkanes) is 1. The molecule has 37 heavy (non-hydrogen) atoms. The van der Waals surface area contributed by atoms with Crippen LogP contribution in [-0.2, 0) is 11.3 Å². The lowest BCUT2D eigenvalue weighted by molar-refractivity contribution is -0.131. The highest BCUT2D eigenvalue weighted by atomic mass is 19.2. The number of nitriles is 1. The second-order valence-corrected chi connectivity index (χ2v) is 9.93. The second-order valence-electron chi connectivity index (χ2n) is 9.93. The zero-order chi connectivity index (χ0) is 26.0. The molecule has 0 bridgehead atoms. The van der Waals surface area contributed by atoms with Crippen molar-refractivity contribution in [2.75, 3.05) is 0 Å². The zero-order valence-electron chi connectivity index (χ0n) is 20.9. The third-order valence-corrected chi connectivity index (χ3v) is 7.49. The lowest BCUT2D eigenvalue weighted by Crippen LogP contribution is -2.40. The van der Waals surface area contributed by atoms with E-state index in [1.165, 1.54) is 12.1 Å². The highest BCUT2D eigenvalue weighted by Crippen LogP contribution is 2.40. The Bertz CT molecular complexity index is 1400. The van der Waals surface area contributed by atoms with Crippen LogP contribution in [0.1, 0.15) is 63.0 Å². The van der Waals surface area contributed by atoms with Gasteiger partial charge in [0.2, 0.25) is 0 Å². The molecule has 2 aliphatic rings. The third kappa shape index (κ3) is 4.67. The van der Waals surface area contributed by atoms with Crippen molar-refractivity contribution in [1.29, 1.82) is 5.26 Å². The molecule has 6 heteroatoms. The van der Waals surface area contributed by atoms with E-state index in [-0.39, 0.29) is 11.5 Å². The van der Waals surface area contributed by atoms with Crippen LogP contribution in [-0.4, -0.2) is 22.2 Å². The van der Waals surface area contributed by atoms with Crippen LogP contribution in [0.3, 0.4) is 0 Å². The Balaban J connectivity index is 1.42. The van der Waals surface area contributed by atoms with E-state index in [0.29, 0.717) is 23.2 Å². The van der Waals surface area contributed by atoms with Gasteiger partial charge in [-0.15, -0.1) is 0 Å². The van der Waals surface area contributed by atoms with Gasteiger partial charge in [0.25, 0.3) is 5.91 Å². The number of halogens is 2. The van der Waals surface area contributed by atoms with Crippen molar-refractivity contribution in [3.05, 3.63) is 83.4 Å². The number of hydrogen-bond donors (Lipinski definition) is 0. The van der Waals surface area contributed by atoms with Crippen LogP contribution < -0.4 is 0 Å². The molecule has 0 unspecified atom stereocenters. The minimum absolute atomic E-state index is 0.122. The van der Waals surface area contributed by atoms with Crippen LogP contribution in [0.2, 0.25) is 0 Å². The molecular weight excluding hydrogens is 468 g/mol. The number of carbonyl (C=O) groups is 1. The molecule has 4 nitrogen and oxygen atoms in total. The standard InChI is InChI=1S/C31H29F2N3O/c1-2-3-9-28-35-31(16-4-5-17-31)30(37)36(28)20-21-10-12-22(13-11-21)26-18-23(14-15-24(26)19-34)25-7-6-8-27(32)29(25)33/h6-8,10-15,18H,2-5,9,16-17,20H2,1H3. The summed E-state index contributed by atoms with van der Waals surface area (Å²) in [5.41, 5.74) is 2.94. The minimum atomic E-state index is -0.913. The van der Waals surface area contributed by atoms with Gasteiger partial charge in [-0.2, -0.15) is 5.26 Å². The molecule has 1 spiro atoms. The van der Waals surface area contributed by atoms with E-state index >= 15 is 0 Å². The highest BCUT2D eigenvalue weighted by Gasteiger charge is 2.49. The summed E-state index contributed by atoms with van der Waals surface area (Å²) in [5.74, 6) is -0.805. The Kier molecular flexibility index (Phi) is 6.88. The Hall–Kier alpha value is -3.85. The van der Waals surface area contributed by atoms with Crippen LogP contribution in [0.5, 0.6) is 0 Å². The van der Waals surface area contributed by atoms with Gasteiger partial charge in [-0.25, -0.2) is 8.78 Å². The largest absolute Gasteiger partial charge is 0.294 e. The van der Waals surface area contributed by atoms with E-state index in [2.05, 4.69) is 13.0 Å². The summed E-state index contributed by atoms with van der Waals surface area (Å²) in [7, 11) is 0. The molecule has 0 saturated heterocycles. The first kappa shape index (κ1) is 24.8. The number of aliphatic imine (C=N–C) groups is 1. The topological polar surface area (TPSA) is 56.5 Å². The fraction of sp³-hybridized carbons (Fsp3) is 0.323. The van der Waals surface area contributed by atoms with Crippen molar-refractivity contribution in [1.82, 2.24) is 4.90 Å².